The van der Waals surface area contributed by atoms with E-state index in [1.54, 1.807) is 12.1 Å². The van der Waals surface area contributed by atoms with E-state index in [2.05, 4.69) is 13.8 Å². The van der Waals surface area contributed by atoms with Gasteiger partial charge in [-0.3, -0.25) is 0 Å². The fourth-order valence-corrected chi connectivity index (χ4v) is 1.42. The average Bonchev–Trinajstić information content (AvgIpc) is 2.20. The highest BCUT2D eigenvalue weighted by molar-refractivity contribution is 6.30. The molecule has 0 saturated heterocycles. The number of hydrogen-bond donors (Lipinski definition) is 1. The van der Waals surface area contributed by atoms with Crippen molar-refractivity contribution in [3.05, 3.63) is 34.6 Å². The Morgan fingerprint density at radius 1 is 1.50 bits per heavy atom. The summed E-state index contributed by atoms with van der Waals surface area (Å²) in [5, 5.41) is 0.144. The molecule has 3 heteroatoms. The molecular formula is C11H15ClFN. The Morgan fingerprint density at radius 3 is 2.64 bits per heavy atom. The lowest BCUT2D eigenvalue weighted by Gasteiger charge is -2.18. The second-order valence-electron chi connectivity index (χ2n) is 3.58. The summed E-state index contributed by atoms with van der Waals surface area (Å²) in [6, 6.07) is 4.63. The van der Waals surface area contributed by atoms with E-state index < -0.39 is 5.82 Å². The fourth-order valence-electron chi connectivity index (χ4n) is 1.30. The topological polar surface area (TPSA) is 26.0 Å². The van der Waals surface area contributed by atoms with Crippen molar-refractivity contribution in [2.45, 2.75) is 26.3 Å². The van der Waals surface area contributed by atoms with Crippen molar-refractivity contribution in [2.24, 2.45) is 11.7 Å². The van der Waals surface area contributed by atoms with Crippen molar-refractivity contribution < 1.29 is 4.39 Å². The maximum Gasteiger partial charge on any atom is 0.142 e. The zero-order valence-corrected chi connectivity index (χ0v) is 9.18. The Hall–Kier alpha value is -0.600. The molecule has 0 heterocycles. The van der Waals surface area contributed by atoms with Crippen molar-refractivity contribution in [3.63, 3.8) is 0 Å². The zero-order chi connectivity index (χ0) is 10.7. The molecule has 1 aromatic carbocycles. The van der Waals surface area contributed by atoms with E-state index in [1.165, 1.54) is 6.07 Å². The van der Waals surface area contributed by atoms with Gasteiger partial charge in [0.25, 0.3) is 0 Å². The summed E-state index contributed by atoms with van der Waals surface area (Å²) in [7, 11) is 0. The van der Waals surface area contributed by atoms with Crippen LogP contribution in [0.25, 0.3) is 0 Å². The van der Waals surface area contributed by atoms with Gasteiger partial charge in [0, 0.05) is 6.04 Å². The molecule has 0 bridgehead atoms. The van der Waals surface area contributed by atoms with E-state index >= 15 is 0 Å². The minimum Gasteiger partial charge on any atom is -0.324 e. The second kappa shape index (κ2) is 4.76. The van der Waals surface area contributed by atoms with Crippen LogP contribution in [-0.4, -0.2) is 0 Å². The monoisotopic (exact) mass is 215 g/mol. The molecule has 0 aliphatic rings. The first-order valence-corrected chi connectivity index (χ1v) is 5.14. The van der Waals surface area contributed by atoms with Crippen molar-refractivity contribution in [1.29, 1.82) is 0 Å². The van der Waals surface area contributed by atoms with Crippen molar-refractivity contribution >= 4 is 11.6 Å². The highest BCUT2D eigenvalue weighted by atomic mass is 35.5. The number of rotatable bonds is 3. The summed E-state index contributed by atoms with van der Waals surface area (Å²) in [6.45, 7) is 4.12. The molecule has 0 radical (unpaired) electrons. The molecule has 1 rings (SSSR count). The SMILES string of the molecule is CCC(C)C(N)c1ccc(Cl)c(F)c1. The van der Waals surface area contributed by atoms with E-state index in [0.717, 1.165) is 12.0 Å². The van der Waals surface area contributed by atoms with Crippen LogP contribution in [0, 0.1) is 11.7 Å². The quantitative estimate of drug-likeness (QED) is 0.820. The maximum atomic E-state index is 13.1. The van der Waals surface area contributed by atoms with Gasteiger partial charge in [-0.2, -0.15) is 0 Å². The van der Waals surface area contributed by atoms with Crippen LogP contribution in [0.4, 0.5) is 4.39 Å². The molecule has 0 aliphatic carbocycles. The van der Waals surface area contributed by atoms with Gasteiger partial charge in [-0.15, -0.1) is 0 Å². The molecule has 0 saturated carbocycles. The molecule has 0 fully saturated rings. The third-order valence-corrected chi connectivity index (χ3v) is 2.89. The Morgan fingerprint density at radius 2 is 2.14 bits per heavy atom. The summed E-state index contributed by atoms with van der Waals surface area (Å²) in [6.07, 6.45) is 0.978. The number of benzene rings is 1. The second-order valence-corrected chi connectivity index (χ2v) is 3.99. The predicted molar refractivity (Wildman–Crippen MR) is 57.8 cm³/mol. The summed E-state index contributed by atoms with van der Waals surface area (Å²) in [5.41, 5.74) is 6.76. The van der Waals surface area contributed by atoms with Crippen molar-refractivity contribution in [3.8, 4) is 0 Å². The van der Waals surface area contributed by atoms with Crippen LogP contribution in [0.1, 0.15) is 31.9 Å². The minimum atomic E-state index is -0.400. The van der Waals surface area contributed by atoms with Crippen LogP contribution in [0.5, 0.6) is 0 Å². The van der Waals surface area contributed by atoms with Gasteiger partial charge in [-0.25, -0.2) is 4.39 Å². The molecule has 2 atom stereocenters. The summed E-state index contributed by atoms with van der Waals surface area (Å²) < 4.78 is 13.1. The summed E-state index contributed by atoms with van der Waals surface area (Å²) in [4.78, 5) is 0. The Balaban J connectivity index is 2.91. The van der Waals surface area contributed by atoms with Crippen LogP contribution in [0.15, 0.2) is 18.2 Å². The summed E-state index contributed by atoms with van der Waals surface area (Å²) >= 11 is 5.58. The predicted octanol–water partition coefficient (Wildman–Crippen LogP) is 3.53. The van der Waals surface area contributed by atoms with Gasteiger partial charge in [0.15, 0.2) is 0 Å². The Bertz CT molecular complexity index is 314. The van der Waals surface area contributed by atoms with E-state index in [9.17, 15) is 4.39 Å². The Labute approximate surface area is 89.1 Å². The van der Waals surface area contributed by atoms with Crippen LogP contribution in [-0.2, 0) is 0 Å². The molecule has 0 amide bonds. The molecule has 2 unspecified atom stereocenters. The largest absolute Gasteiger partial charge is 0.324 e. The number of halogens is 2. The molecule has 14 heavy (non-hydrogen) atoms. The molecule has 1 nitrogen and oxygen atoms in total. The molecular weight excluding hydrogens is 201 g/mol. The highest BCUT2D eigenvalue weighted by Gasteiger charge is 2.14. The molecule has 78 valence electrons. The lowest BCUT2D eigenvalue weighted by molar-refractivity contribution is 0.455. The van der Waals surface area contributed by atoms with E-state index in [0.29, 0.717) is 5.92 Å². The number of hydrogen-bond acceptors (Lipinski definition) is 1. The first-order valence-electron chi connectivity index (χ1n) is 4.76. The van der Waals surface area contributed by atoms with Crippen LogP contribution < -0.4 is 5.73 Å². The van der Waals surface area contributed by atoms with Crippen LogP contribution >= 0.6 is 11.6 Å². The Kier molecular flexibility index (Phi) is 3.90. The van der Waals surface area contributed by atoms with Crippen molar-refractivity contribution in [2.75, 3.05) is 0 Å². The summed E-state index contributed by atoms with van der Waals surface area (Å²) in [5.74, 6) is -0.0569. The fraction of sp³-hybridized carbons (Fsp3) is 0.455. The first-order chi connectivity index (χ1) is 6.56. The molecule has 2 N–H and O–H groups in total. The van der Waals surface area contributed by atoms with Crippen LogP contribution in [0.3, 0.4) is 0 Å². The lowest BCUT2D eigenvalue weighted by Crippen LogP contribution is -2.18. The lowest BCUT2D eigenvalue weighted by atomic mass is 9.93. The number of nitrogens with two attached hydrogens (primary N) is 1. The van der Waals surface area contributed by atoms with Gasteiger partial charge in [0.05, 0.1) is 5.02 Å². The minimum absolute atomic E-state index is 0.119. The van der Waals surface area contributed by atoms with Gasteiger partial charge >= 0.3 is 0 Å². The van der Waals surface area contributed by atoms with Gasteiger partial charge in [-0.05, 0) is 23.6 Å². The average molecular weight is 216 g/mol. The van der Waals surface area contributed by atoms with Gasteiger partial charge in [-0.1, -0.05) is 37.9 Å². The first kappa shape index (κ1) is 11.5. The van der Waals surface area contributed by atoms with Gasteiger partial charge < -0.3 is 5.73 Å². The molecule has 0 aromatic heterocycles. The normalized spacial score (nSPS) is 15.2. The highest BCUT2D eigenvalue weighted by Crippen LogP contribution is 2.24. The van der Waals surface area contributed by atoms with E-state index in [1.807, 2.05) is 0 Å². The van der Waals surface area contributed by atoms with Gasteiger partial charge in [0.1, 0.15) is 5.82 Å². The van der Waals surface area contributed by atoms with E-state index in [-0.39, 0.29) is 11.1 Å². The maximum absolute atomic E-state index is 13.1. The third-order valence-electron chi connectivity index (χ3n) is 2.59. The smallest absolute Gasteiger partial charge is 0.142 e. The molecule has 0 aliphatic heterocycles. The van der Waals surface area contributed by atoms with Crippen LogP contribution in [0.2, 0.25) is 5.02 Å². The standard InChI is InChI=1S/C11H15ClFN/c1-3-7(2)11(14)8-4-5-9(12)10(13)6-8/h4-7,11H,3,14H2,1-2H3. The van der Waals surface area contributed by atoms with Gasteiger partial charge in [0.2, 0.25) is 0 Å². The molecule has 0 spiro atoms. The third kappa shape index (κ3) is 2.46. The molecule has 1 aromatic rings. The zero-order valence-electron chi connectivity index (χ0n) is 8.43. The van der Waals surface area contributed by atoms with Crippen molar-refractivity contribution in [1.82, 2.24) is 0 Å². The van der Waals surface area contributed by atoms with E-state index in [4.69, 9.17) is 17.3 Å².